The summed E-state index contributed by atoms with van der Waals surface area (Å²) in [7, 11) is 0. The third-order valence-corrected chi connectivity index (χ3v) is 4.32. The zero-order chi connectivity index (χ0) is 13.1. The van der Waals surface area contributed by atoms with Gasteiger partial charge >= 0.3 is 5.97 Å². The Morgan fingerprint density at radius 1 is 1.24 bits per heavy atom. The Balaban J connectivity index is 2.14. The van der Waals surface area contributed by atoms with Crippen LogP contribution in [-0.4, -0.2) is 22.3 Å². The Labute approximate surface area is 104 Å². The molecule has 0 heterocycles. The molecule has 1 fully saturated rings. The summed E-state index contributed by atoms with van der Waals surface area (Å²) in [6, 6.07) is 0. The number of unbranched alkanes of at least 4 members (excludes halogenated alkanes) is 2. The lowest BCUT2D eigenvalue weighted by atomic mass is 10.0. The van der Waals surface area contributed by atoms with Gasteiger partial charge in [-0.1, -0.05) is 33.1 Å². The van der Waals surface area contributed by atoms with Crippen molar-refractivity contribution in [2.24, 2.45) is 17.3 Å². The van der Waals surface area contributed by atoms with Crippen LogP contribution in [0.4, 0.5) is 0 Å². The summed E-state index contributed by atoms with van der Waals surface area (Å²) in [4.78, 5) is 10.7. The van der Waals surface area contributed by atoms with Crippen LogP contribution in [0.25, 0.3) is 0 Å². The van der Waals surface area contributed by atoms with Crippen molar-refractivity contribution in [2.45, 2.75) is 65.4 Å². The van der Waals surface area contributed by atoms with Crippen molar-refractivity contribution in [1.82, 2.24) is 0 Å². The number of carboxylic acids is 1. The first-order valence-corrected chi connectivity index (χ1v) is 6.75. The second-order valence-electron chi connectivity index (χ2n) is 6.12. The smallest absolute Gasteiger partial charge is 0.303 e. The lowest BCUT2D eigenvalue weighted by Crippen LogP contribution is -1.99. The highest BCUT2D eigenvalue weighted by Crippen LogP contribution is 2.62. The van der Waals surface area contributed by atoms with Crippen LogP contribution >= 0.6 is 0 Å². The molecule has 100 valence electrons. The quantitative estimate of drug-likeness (QED) is 0.643. The molecule has 0 saturated heterocycles. The van der Waals surface area contributed by atoms with Crippen LogP contribution in [0.3, 0.4) is 0 Å². The standard InChI is InChI=1S/C14H26O3/c1-10(15)7-5-4-6-8-11-12(9-13(16)17)14(11,2)3/h10-12,15H,4-9H2,1-3H3,(H,16,17). The van der Waals surface area contributed by atoms with Crippen molar-refractivity contribution in [3.8, 4) is 0 Å². The predicted molar refractivity (Wildman–Crippen MR) is 67.8 cm³/mol. The molecule has 3 unspecified atom stereocenters. The Morgan fingerprint density at radius 3 is 2.41 bits per heavy atom. The maximum Gasteiger partial charge on any atom is 0.303 e. The van der Waals surface area contributed by atoms with Crippen LogP contribution in [0.5, 0.6) is 0 Å². The lowest BCUT2D eigenvalue weighted by Gasteiger charge is -2.04. The average Bonchev–Trinajstić information content (AvgIpc) is 2.67. The van der Waals surface area contributed by atoms with Gasteiger partial charge in [-0.05, 0) is 37.0 Å². The maximum atomic E-state index is 10.7. The second kappa shape index (κ2) is 5.85. The highest BCUT2D eigenvalue weighted by molar-refractivity contribution is 5.67. The third-order valence-electron chi connectivity index (χ3n) is 4.32. The van der Waals surface area contributed by atoms with E-state index in [9.17, 15) is 4.79 Å². The van der Waals surface area contributed by atoms with E-state index in [1.807, 2.05) is 6.92 Å². The van der Waals surface area contributed by atoms with Crippen molar-refractivity contribution in [1.29, 1.82) is 0 Å². The van der Waals surface area contributed by atoms with Gasteiger partial charge in [0.2, 0.25) is 0 Å². The van der Waals surface area contributed by atoms with E-state index in [0.717, 1.165) is 32.1 Å². The van der Waals surface area contributed by atoms with Crippen molar-refractivity contribution in [3.63, 3.8) is 0 Å². The molecule has 3 heteroatoms. The molecule has 0 aliphatic heterocycles. The summed E-state index contributed by atoms with van der Waals surface area (Å²) in [5.74, 6) is 0.293. The van der Waals surface area contributed by atoms with Gasteiger partial charge in [0.05, 0.1) is 6.10 Å². The molecule has 0 radical (unpaired) electrons. The zero-order valence-electron chi connectivity index (χ0n) is 11.3. The fourth-order valence-electron chi connectivity index (χ4n) is 3.00. The minimum Gasteiger partial charge on any atom is -0.481 e. The van der Waals surface area contributed by atoms with Gasteiger partial charge in [-0.15, -0.1) is 0 Å². The van der Waals surface area contributed by atoms with E-state index in [2.05, 4.69) is 13.8 Å². The fraction of sp³-hybridized carbons (Fsp3) is 0.929. The van der Waals surface area contributed by atoms with E-state index in [0.29, 0.717) is 18.3 Å². The predicted octanol–water partition coefficient (Wildman–Crippen LogP) is 3.06. The molecule has 2 N–H and O–H groups in total. The summed E-state index contributed by atoms with van der Waals surface area (Å²) in [6.45, 7) is 6.19. The summed E-state index contributed by atoms with van der Waals surface area (Å²) in [5.41, 5.74) is 0.225. The van der Waals surface area contributed by atoms with E-state index in [1.165, 1.54) is 0 Å². The summed E-state index contributed by atoms with van der Waals surface area (Å²) < 4.78 is 0. The number of aliphatic hydroxyl groups excluding tert-OH is 1. The average molecular weight is 242 g/mol. The SMILES string of the molecule is CC(O)CCCCCC1C(CC(=O)O)C1(C)C. The van der Waals surface area contributed by atoms with Crippen molar-refractivity contribution in [2.75, 3.05) is 0 Å². The van der Waals surface area contributed by atoms with Crippen molar-refractivity contribution < 1.29 is 15.0 Å². The molecule has 0 aromatic carbocycles. The molecule has 1 aliphatic carbocycles. The Bertz CT molecular complexity index is 258. The van der Waals surface area contributed by atoms with Gasteiger partial charge in [0.25, 0.3) is 0 Å². The number of carbonyl (C=O) groups is 1. The monoisotopic (exact) mass is 242 g/mol. The highest BCUT2D eigenvalue weighted by atomic mass is 16.4. The van der Waals surface area contributed by atoms with E-state index >= 15 is 0 Å². The third kappa shape index (κ3) is 4.30. The molecular weight excluding hydrogens is 216 g/mol. The number of carboxylic acid groups (broad SMARTS) is 1. The molecule has 3 nitrogen and oxygen atoms in total. The summed E-state index contributed by atoms with van der Waals surface area (Å²) >= 11 is 0. The largest absolute Gasteiger partial charge is 0.481 e. The van der Waals surface area contributed by atoms with Gasteiger partial charge in [0.1, 0.15) is 0 Å². The van der Waals surface area contributed by atoms with Gasteiger partial charge in [0.15, 0.2) is 0 Å². The van der Waals surface area contributed by atoms with Crippen molar-refractivity contribution >= 4 is 5.97 Å². The van der Waals surface area contributed by atoms with E-state index in [4.69, 9.17) is 10.2 Å². The van der Waals surface area contributed by atoms with Gasteiger partial charge in [-0.25, -0.2) is 0 Å². The number of aliphatic hydroxyl groups is 1. The number of aliphatic carboxylic acids is 1. The van der Waals surface area contributed by atoms with E-state index in [1.54, 1.807) is 0 Å². The first-order valence-electron chi connectivity index (χ1n) is 6.75. The molecule has 0 aromatic heterocycles. The normalized spacial score (nSPS) is 27.8. The molecule has 3 atom stereocenters. The van der Waals surface area contributed by atoms with Gasteiger partial charge in [0, 0.05) is 6.42 Å². The molecule has 1 rings (SSSR count). The van der Waals surface area contributed by atoms with Crippen LogP contribution in [-0.2, 0) is 4.79 Å². The van der Waals surface area contributed by atoms with Crippen LogP contribution in [0.1, 0.15) is 59.3 Å². The minimum absolute atomic E-state index is 0.188. The summed E-state index contributed by atoms with van der Waals surface area (Å²) in [5, 5.41) is 17.9. The van der Waals surface area contributed by atoms with Crippen LogP contribution in [0.2, 0.25) is 0 Å². The molecule has 1 saturated carbocycles. The van der Waals surface area contributed by atoms with Crippen LogP contribution < -0.4 is 0 Å². The number of hydrogen-bond acceptors (Lipinski definition) is 2. The molecule has 0 spiro atoms. The highest BCUT2D eigenvalue weighted by Gasteiger charge is 2.56. The molecule has 1 aliphatic rings. The van der Waals surface area contributed by atoms with Gasteiger partial charge in [-0.3, -0.25) is 4.79 Å². The van der Waals surface area contributed by atoms with Crippen LogP contribution in [0.15, 0.2) is 0 Å². The molecule has 0 bridgehead atoms. The molecule has 17 heavy (non-hydrogen) atoms. The van der Waals surface area contributed by atoms with E-state index in [-0.39, 0.29) is 11.5 Å². The molecular formula is C14H26O3. The van der Waals surface area contributed by atoms with Gasteiger partial charge < -0.3 is 10.2 Å². The minimum atomic E-state index is -0.667. The first-order chi connectivity index (χ1) is 7.85. The first kappa shape index (κ1) is 14.5. The topological polar surface area (TPSA) is 57.5 Å². The maximum absolute atomic E-state index is 10.7. The van der Waals surface area contributed by atoms with Crippen LogP contribution in [0, 0.1) is 17.3 Å². The molecule has 0 amide bonds. The Hall–Kier alpha value is -0.570. The summed E-state index contributed by atoms with van der Waals surface area (Å²) in [6.07, 6.45) is 5.55. The zero-order valence-corrected chi connectivity index (χ0v) is 11.3. The second-order valence-corrected chi connectivity index (χ2v) is 6.12. The lowest BCUT2D eigenvalue weighted by molar-refractivity contribution is -0.137. The molecule has 0 aromatic rings. The van der Waals surface area contributed by atoms with Crippen molar-refractivity contribution in [3.05, 3.63) is 0 Å². The van der Waals surface area contributed by atoms with Gasteiger partial charge in [-0.2, -0.15) is 0 Å². The Morgan fingerprint density at radius 2 is 1.88 bits per heavy atom. The fourth-order valence-corrected chi connectivity index (χ4v) is 3.00. The number of hydrogen-bond donors (Lipinski definition) is 2. The van der Waals surface area contributed by atoms with E-state index < -0.39 is 5.97 Å². The number of rotatable bonds is 8. The Kier molecular flexibility index (Phi) is 4.99.